The molecule has 6 atom stereocenters. The van der Waals surface area contributed by atoms with Crippen molar-refractivity contribution in [2.45, 2.75) is 0 Å². The summed E-state index contributed by atoms with van der Waals surface area (Å²) in [5.74, 6) is 0. The molecule has 0 N–H and O–H groups in total. The summed E-state index contributed by atoms with van der Waals surface area (Å²) in [6.45, 7) is 0. The van der Waals surface area contributed by atoms with Gasteiger partial charge in [0.2, 0.25) is 0 Å². The van der Waals surface area contributed by atoms with E-state index in [-0.39, 0.29) is 0 Å². The highest BCUT2D eigenvalue weighted by Gasteiger charge is 2.24. The second-order valence-electron chi connectivity index (χ2n) is 26.0. The highest BCUT2D eigenvalue weighted by Crippen LogP contribution is 2.15. The van der Waals surface area contributed by atoms with Gasteiger partial charge < -0.3 is 29.4 Å². The molecule has 0 aliphatic rings. The fraction of sp³-hybridized carbons (Fsp3) is 0.364. The minimum absolute atomic E-state index is 0.681. The number of para-hydroxylation sites is 6. The molecule has 0 radical (unpaired) electrons. The fourth-order valence-corrected chi connectivity index (χ4v) is 9.33. The molecule has 0 aliphatic heterocycles. The van der Waals surface area contributed by atoms with Crippen LogP contribution in [0.2, 0.25) is 0 Å². The normalized spacial score (nSPS) is 10.5. The Hall–Kier alpha value is -12.7. The van der Waals surface area contributed by atoms with Crippen molar-refractivity contribution in [3.63, 3.8) is 0 Å². The first-order valence-electron chi connectivity index (χ1n) is 35.0. The average Bonchev–Trinajstić information content (AvgIpc) is 1.71. The number of halogens is 6. The lowest BCUT2D eigenvalue weighted by atomic mass is 10.3. The van der Waals surface area contributed by atoms with Crippen LogP contribution in [0.5, 0.6) is 0 Å². The minimum atomic E-state index is -3.62. The van der Waals surface area contributed by atoms with Crippen LogP contribution in [0.25, 0.3) is 66.2 Å². The van der Waals surface area contributed by atoms with Gasteiger partial charge in [0.15, 0.2) is 0 Å². The van der Waals surface area contributed by atoms with E-state index in [0.29, 0.717) is 36.1 Å². The third-order valence-electron chi connectivity index (χ3n) is 13.5. The summed E-state index contributed by atoms with van der Waals surface area (Å²) in [7, 11) is 24.1. The van der Waals surface area contributed by atoms with E-state index in [0.717, 1.165) is 66.2 Å². The lowest BCUT2D eigenvalue weighted by molar-refractivity contribution is -0.480. The molecule has 0 spiro atoms. The van der Waals surface area contributed by atoms with Crippen molar-refractivity contribution in [3.05, 3.63) is 146 Å². The van der Waals surface area contributed by atoms with E-state index in [1.54, 1.807) is 0 Å². The van der Waals surface area contributed by atoms with Gasteiger partial charge in [0, 0.05) is 0 Å². The molecule has 6 aromatic heterocycles. The molecular formula is C66H96F6N30O18P6+6. The number of amidine groups is 6. The quantitative estimate of drug-likeness (QED) is 0.0702. The molecular weight excluding hydrogens is 1800 g/mol. The van der Waals surface area contributed by atoms with E-state index in [2.05, 4.69) is 61.9 Å². The van der Waals surface area contributed by atoms with Gasteiger partial charge >= 0.3 is 86.2 Å². The zero-order valence-electron chi connectivity index (χ0n) is 72.6. The highest BCUT2D eigenvalue weighted by molar-refractivity contribution is 7.30. The fourth-order valence-electron chi connectivity index (χ4n) is 9.33. The van der Waals surface area contributed by atoms with Crippen molar-refractivity contribution >= 4 is 152 Å². The SMILES string of the molecule is CN(C)C(On1nnc2ccccc21)=[N+](C)C.CN(C)C(On1nnc2ccccc21)=[N+](C)C.CN(C)C(On1nnc2ccccc21)=[N+](C)C.CN(C)C(On1nnc2ccccc21)=[N+](C)C.CN(C)C(On1nnc2ccccc21)=[N+](C)C.CN(C)C(On1nnc2ccccc21)=[N+](C)C.O=[P+]([O-])F.O=[P+]([O-])F.O=[P+]([O-])F.O=[P+]([O-])F.O=[P+]([O-])F.O=[P+]([O-])F. The Kier molecular flexibility index (Phi) is 50.9. The molecule has 0 saturated heterocycles. The van der Waals surface area contributed by atoms with E-state index in [1.807, 2.05) is 372 Å². The van der Waals surface area contributed by atoms with Gasteiger partial charge in [-0.1, -0.05) is 102 Å². The summed E-state index contributed by atoms with van der Waals surface area (Å²) >= 11 is 0. The minimum Gasteiger partial charge on any atom is -0.562 e. The summed E-state index contributed by atoms with van der Waals surface area (Å²) in [6.07, 6.45) is 0. The van der Waals surface area contributed by atoms with Gasteiger partial charge in [-0.25, -0.2) is 56.9 Å². The topological polar surface area (TPSA) is 518 Å². The standard InChI is InChI=1S/6C11H16N5O.6FO2P/c6*1-14(2)11(15(3)4)17-16-10-8-6-5-7-9(10)12-13-16;6*1-4(2)3/h6*5-8H,1-4H3;;;;;;/q6*+1;;;;;;. The van der Waals surface area contributed by atoms with E-state index >= 15 is 0 Å². The maximum Gasteiger partial charge on any atom is 0.540 e. The average molecular weight is 1900 g/mol. The third kappa shape index (κ3) is 42.1. The Morgan fingerprint density at radius 2 is 0.333 bits per heavy atom. The molecule has 60 heteroatoms. The number of aromatic nitrogens is 18. The molecule has 12 rings (SSSR count). The first-order chi connectivity index (χ1) is 58.9. The predicted molar refractivity (Wildman–Crippen MR) is 442 cm³/mol. The maximum absolute atomic E-state index is 9.95. The monoisotopic (exact) mass is 1900 g/mol. The molecule has 6 heterocycles. The number of fused-ring (bicyclic) bond motifs is 6. The molecule has 0 aliphatic carbocycles. The lowest BCUT2D eigenvalue weighted by Crippen LogP contribution is -2.39. The van der Waals surface area contributed by atoms with Crippen molar-refractivity contribution in [3.8, 4) is 0 Å². The summed E-state index contributed by atoms with van der Waals surface area (Å²) in [5.41, 5.74) is 9.91. The van der Waals surface area contributed by atoms with Crippen LogP contribution in [0.3, 0.4) is 0 Å². The van der Waals surface area contributed by atoms with E-state index in [4.69, 9.17) is 85.8 Å². The molecule has 6 aromatic carbocycles. The van der Waals surface area contributed by atoms with Gasteiger partial charge in [-0.2, -0.15) is 0 Å². The lowest BCUT2D eigenvalue weighted by Gasteiger charge is -2.10. The molecule has 12 aromatic rings. The van der Waals surface area contributed by atoms with Crippen molar-refractivity contribution in [1.29, 1.82) is 0 Å². The number of rotatable bonds is 6. The number of benzene rings is 6. The van der Waals surface area contributed by atoms with Gasteiger partial charge in [-0.05, 0) is 131 Å². The third-order valence-corrected chi connectivity index (χ3v) is 13.5. The second-order valence-corrected chi connectivity index (χ2v) is 28.5. The van der Waals surface area contributed by atoms with Crippen LogP contribution < -0.4 is 58.4 Å². The number of nitrogens with zero attached hydrogens (tertiary/aromatic N) is 30. The van der Waals surface area contributed by atoms with Crippen LogP contribution in [0.4, 0.5) is 25.2 Å². The largest absolute Gasteiger partial charge is 0.562 e. The summed E-state index contributed by atoms with van der Waals surface area (Å²) in [5, 5.41) is 48.0. The molecule has 0 bridgehead atoms. The van der Waals surface area contributed by atoms with Crippen LogP contribution >= 0.6 is 50.0 Å². The Morgan fingerprint density at radius 3 is 0.421 bits per heavy atom. The van der Waals surface area contributed by atoms with E-state index < -0.39 is 50.0 Å². The van der Waals surface area contributed by atoms with E-state index in [1.165, 1.54) is 29.1 Å². The number of hydrogen-bond acceptors (Lipinski definition) is 30. The van der Waals surface area contributed by atoms with E-state index in [9.17, 15) is 25.2 Å². The molecule has 126 heavy (non-hydrogen) atoms. The zero-order valence-corrected chi connectivity index (χ0v) is 77.9. The van der Waals surface area contributed by atoms with Gasteiger partial charge in [0.05, 0.1) is 194 Å². The van der Waals surface area contributed by atoms with Crippen LogP contribution in [0, 0.1) is 0 Å². The van der Waals surface area contributed by atoms with Gasteiger partial charge in [-0.15, -0.1) is 30.6 Å². The summed E-state index contributed by atoms with van der Waals surface area (Å²) in [6, 6.07) is 50.0. The zero-order chi connectivity index (χ0) is 95.9. The van der Waals surface area contributed by atoms with Crippen LogP contribution in [0.15, 0.2) is 146 Å². The first-order valence-corrected chi connectivity index (χ1v) is 41.4. The Morgan fingerprint density at radius 1 is 0.238 bits per heavy atom. The van der Waals surface area contributed by atoms with Crippen molar-refractivity contribution in [1.82, 2.24) is 120 Å². The van der Waals surface area contributed by atoms with Gasteiger partial charge in [0.25, 0.3) is 0 Å². The Bertz CT molecular complexity index is 4780. The summed E-state index contributed by atoms with van der Waals surface area (Å²) in [4.78, 5) is 104. The highest BCUT2D eigenvalue weighted by atomic mass is 31.2. The summed E-state index contributed by atoms with van der Waals surface area (Å²) < 4.78 is 121. The predicted octanol–water partition coefficient (Wildman–Crippen LogP) is 0.139. The van der Waals surface area contributed by atoms with Gasteiger partial charge in [0.1, 0.15) is 66.2 Å². The molecule has 0 saturated carbocycles. The van der Waals surface area contributed by atoms with Crippen LogP contribution in [0.1, 0.15) is 0 Å². The molecule has 48 nitrogen and oxygen atoms in total. The molecule has 0 amide bonds. The van der Waals surface area contributed by atoms with Crippen molar-refractivity contribution in [2.75, 3.05) is 169 Å². The molecule has 684 valence electrons. The Balaban J connectivity index is 0.000000717. The van der Waals surface area contributed by atoms with Crippen molar-refractivity contribution in [2.24, 2.45) is 0 Å². The van der Waals surface area contributed by atoms with Gasteiger partial charge in [-0.3, -0.25) is 29.0 Å². The molecule has 0 fully saturated rings. The van der Waals surface area contributed by atoms with Crippen molar-refractivity contribution < 1.29 is 138 Å². The van der Waals surface area contributed by atoms with Crippen LogP contribution in [-0.4, -0.2) is 353 Å². The Labute approximate surface area is 722 Å². The van der Waals surface area contributed by atoms with Crippen LogP contribution in [-0.2, 0) is 27.4 Å². The number of hydrogen-bond donors (Lipinski definition) is 0. The second kappa shape index (κ2) is 57.7. The first kappa shape index (κ1) is 111. The smallest absolute Gasteiger partial charge is 0.540 e. The maximum atomic E-state index is 9.95. The molecule has 6 unspecified atom stereocenters.